The molecule has 0 unspecified atom stereocenters. The average Bonchev–Trinajstić information content (AvgIpc) is 2.96. The van der Waals surface area contributed by atoms with Crippen LogP contribution in [0.3, 0.4) is 0 Å². The summed E-state index contributed by atoms with van der Waals surface area (Å²) in [5.74, 6) is -0.490. The number of hydrogen-bond acceptors (Lipinski definition) is 6. The molecule has 2 amide bonds. The molecule has 0 saturated heterocycles. The highest BCUT2D eigenvalue weighted by atomic mass is 35.5. The van der Waals surface area contributed by atoms with E-state index in [2.05, 4.69) is 15.8 Å². The van der Waals surface area contributed by atoms with Gasteiger partial charge >= 0.3 is 0 Å². The van der Waals surface area contributed by atoms with Crippen molar-refractivity contribution >= 4 is 51.0 Å². The van der Waals surface area contributed by atoms with Crippen molar-refractivity contribution in [1.82, 2.24) is 5.43 Å². The van der Waals surface area contributed by atoms with Crippen molar-refractivity contribution in [3.05, 3.63) is 119 Å². The Morgan fingerprint density at radius 1 is 0.881 bits per heavy atom. The molecule has 0 bridgehead atoms. The molecule has 4 aromatic rings. The molecule has 0 aliphatic heterocycles. The zero-order chi connectivity index (χ0) is 30.1. The highest BCUT2D eigenvalue weighted by Gasteiger charge is 2.27. The number of nitrogens with zero attached hydrogens (tertiary/aromatic N) is 2. The average molecular weight is 605 g/mol. The predicted molar refractivity (Wildman–Crippen MR) is 165 cm³/mol. The first kappa shape index (κ1) is 30.3. The number of benzene rings is 4. The number of ether oxygens (including phenoxy) is 1. The van der Waals surface area contributed by atoms with Crippen molar-refractivity contribution in [2.45, 2.75) is 18.7 Å². The third-order valence-corrected chi connectivity index (χ3v) is 8.00. The van der Waals surface area contributed by atoms with Crippen LogP contribution >= 0.6 is 11.6 Å². The lowest BCUT2D eigenvalue weighted by Crippen LogP contribution is -2.39. The van der Waals surface area contributed by atoms with E-state index in [4.69, 9.17) is 16.3 Å². The number of hydrogen-bond donors (Lipinski definition) is 2. The maximum atomic E-state index is 13.5. The molecule has 4 aromatic carbocycles. The van der Waals surface area contributed by atoms with E-state index in [0.717, 1.165) is 15.4 Å². The monoisotopic (exact) mass is 604 g/mol. The molecule has 0 aliphatic carbocycles. The van der Waals surface area contributed by atoms with Crippen molar-refractivity contribution in [3.63, 3.8) is 0 Å². The van der Waals surface area contributed by atoms with Crippen LogP contribution in [0.5, 0.6) is 5.75 Å². The third-order valence-electron chi connectivity index (χ3n) is 5.98. The maximum Gasteiger partial charge on any atom is 0.264 e. The summed E-state index contributed by atoms with van der Waals surface area (Å²) in [5, 5.41) is 7.18. The fourth-order valence-electron chi connectivity index (χ4n) is 3.77. The van der Waals surface area contributed by atoms with Crippen molar-refractivity contribution < 1.29 is 22.7 Å². The van der Waals surface area contributed by atoms with Gasteiger partial charge in [-0.1, -0.05) is 53.1 Å². The summed E-state index contributed by atoms with van der Waals surface area (Å²) in [6.45, 7) is 3.09. The minimum absolute atomic E-state index is 0.0780. The van der Waals surface area contributed by atoms with Crippen LogP contribution in [0.15, 0.2) is 107 Å². The van der Waals surface area contributed by atoms with E-state index < -0.39 is 22.5 Å². The van der Waals surface area contributed by atoms with Gasteiger partial charge in [0.2, 0.25) is 0 Å². The Morgan fingerprint density at radius 2 is 1.52 bits per heavy atom. The van der Waals surface area contributed by atoms with Crippen LogP contribution in [0.25, 0.3) is 0 Å². The van der Waals surface area contributed by atoms with Gasteiger partial charge in [0, 0.05) is 10.7 Å². The van der Waals surface area contributed by atoms with Crippen molar-refractivity contribution in [2.75, 3.05) is 22.8 Å². The van der Waals surface area contributed by atoms with E-state index in [1.807, 2.05) is 13.8 Å². The summed E-state index contributed by atoms with van der Waals surface area (Å²) in [5.41, 5.74) is 5.84. The molecule has 0 spiro atoms. The number of anilines is 2. The van der Waals surface area contributed by atoms with Gasteiger partial charge in [-0.05, 0) is 86.1 Å². The number of aryl methyl sites for hydroxylation is 2. The molecule has 0 fully saturated rings. The third kappa shape index (κ3) is 8.42. The summed E-state index contributed by atoms with van der Waals surface area (Å²) in [7, 11) is -4.02. The van der Waals surface area contributed by atoms with Crippen molar-refractivity contribution in [3.8, 4) is 5.75 Å². The Hall–Kier alpha value is -4.67. The number of rotatable bonds is 11. The number of carbonyl (C=O) groups excluding carboxylic acids is 2. The van der Waals surface area contributed by atoms with E-state index in [0.29, 0.717) is 27.7 Å². The molecule has 0 radical (unpaired) electrons. The Bertz CT molecular complexity index is 1670. The highest BCUT2D eigenvalue weighted by Crippen LogP contribution is 2.24. The molecular weight excluding hydrogens is 576 g/mol. The smallest absolute Gasteiger partial charge is 0.264 e. The molecule has 0 heterocycles. The summed E-state index contributed by atoms with van der Waals surface area (Å²) in [6.07, 6.45) is 1.41. The van der Waals surface area contributed by atoms with Gasteiger partial charge in [-0.15, -0.1) is 0 Å². The summed E-state index contributed by atoms with van der Waals surface area (Å²) < 4.78 is 33.5. The van der Waals surface area contributed by atoms with Gasteiger partial charge in [0.05, 0.1) is 16.8 Å². The second-order valence-electron chi connectivity index (χ2n) is 9.37. The Balaban J connectivity index is 1.34. The molecular formula is C31H29ClN4O5S. The molecule has 9 nitrogen and oxygen atoms in total. The van der Waals surface area contributed by atoms with Gasteiger partial charge in [-0.3, -0.25) is 13.9 Å². The first-order valence-electron chi connectivity index (χ1n) is 12.9. The van der Waals surface area contributed by atoms with Crippen LogP contribution in [-0.2, 0) is 19.6 Å². The van der Waals surface area contributed by atoms with Crippen molar-refractivity contribution in [1.29, 1.82) is 0 Å². The summed E-state index contributed by atoms with van der Waals surface area (Å²) in [4.78, 5) is 25.0. The van der Waals surface area contributed by atoms with Gasteiger partial charge in [-0.2, -0.15) is 5.10 Å². The van der Waals surface area contributed by atoms with E-state index in [1.165, 1.54) is 18.3 Å². The lowest BCUT2D eigenvalue weighted by molar-refractivity contribution is -0.119. The molecule has 216 valence electrons. The number of halogens is 1. The first-order valence-corrected chi connectivity index (χ1v) is 14.7. The lowest BCUT2D eigenvalue weighted by Gasteiger charge is -2.24. The molecule has 0 aliphatic rings. The second-order valence-corrected chi connectivity index (χ2v) is 11.7. The topological polar surface area (TPSA) is 117 Å². The maximum absolute atomic E-state index is 13.5. The largest absolute Gasteiger partial charge is 0.484 e. The predicted octanol–water partition coefficient (Wildman–Crippen LogP) is 5.32. The second kappa shape index (κ2) is 13.8. The molecule has 11 heteroatoms. The SMILES string of the molecule is Cc1ccc(N(CC(=O)N/N=C\c2ccc(OCC(=O)Nc3cccc(Cl)c3)cc2)S(=O)(=O)c2ccc(C)cc2)cc1. The number of carbonyl (C=O) groups is 2. The van der Waals surface area contributed by atoms with Crippen LogP contribution in [0.1, 0.15) is 16.7 Å². The van der Waals surface area contributed by atoms with Crippen LogP contribution in [0.2, 0.25) is 5.02 Å². The molecule has 42 heavy (non-hydrogen) atoms. The van der Waals surface area contributed by atoms with Crippen LogP contribution in [0, 0.1) is 13.8 Å². The first-order chi connectivity index (χ1) is 20.1. The zero-order valence-electron chi connectivity index (χ0n) is 23.0. The van der Waals surface area contributed by atoms with Crippen molar-refractivity contribution in [2.24, 2.45) is 5.10 Å². The number of nitrogens with one attached hydrogen (secondary N) is 2. The quantitative estimate of drug-likeness (QED) is 0.177. The lowest BCUT2D eigenvalue weighted by atomic mass is 10.2. The standard InChI is InChI=1S/C31H29ClN4O5S/c1-22-6-12-27(13-7-22)36(42(39,40)29-16-8-23(2)9-17-29)20-30(37)35-33-19-24-10-14-28(15-11-24)41-21-31(38)34-26-5-3-4-25(32)18-26/h3-19H,20-21H2,1-2H3,(H,34,38)(H,35,37)/b33-19-. The van der Waals surface area contributed by atoms with Crippen LogP contribution < -0.4 is 19.8 Å². The molecule has 4 rings (SSSR count). The van der Waals surface area contributed by atoms with Gasteiger partial charge in [-0.25, -0.2) is 13.8 Å². The van der Waals surface area contributed by atoms with E-state index in [9.17, 15) is 18.0 Å². The normalized spacial score (nSPS) is 11.2. The minimum atomic E-state index is -4.02. The molecule has 0 atom stereocenters. The Morgan fingerprint density at radius 3 is 2.17 bits per heavy atom. The summed E-state index contributed by atoms with van der Waals surface area (Å²) >= 11 is 5.92. The van der Waals surface area contributed by atoms with Crippen LogP contribution in [-0.4, -0.2) is 39.6 Å². The van der Waals surface area contributed by atoms with E-state index >= 15 is 0 Å². The Kier molecular flexibility index (Phi) is 9.95. The summed E-state index contributed by atoms with van der Waals surface area (Å²) in [6, 6.07) is 26.8. The minimum Gasteiger partial charge on any atom is -0.484 e. The fourth-order valence-corrected chi connectivity index (χ4v) is 5.38. The fraction of sp³-hybridized carbons (Fsp3) is 0.129. The number of sulfonamides is 1. The van der Waals surface area contributed by atoms with E-state index in [-0.39, 0.29) is 17.4 Å². The Labute approximate surface area is 249 Å². The van der Waals surface area contributed by atoms with E-state index in [1.54, 1.807) is 84.9 Å². The van der Waals surface area contributed by atoms with Gasteiger partial charge in [0.15, 0.2) is 6.61 Å². The van der Waals surface area contributed by atoms with Gasteiger partial charge < -0.3 is 10.1 Å². The molecule has 2 N–H and O–H groups in total. The zero-order valence-corrected chi connectivity index (χ0v) is 24.5. The number of amides is 2. The number of hydrazone groups is 1. The highest BCUT2D eigenvalue weighted by molar-refractivity contribution is 7.92. The van der Waals surface area contributed by atoms with Crippen LogP contribution in [0.4, 0.5) is 11.4 Å². The van der Waals surface area contributed by atoms with Gasteiger partial charge in [0.25, 0.3) is 21.8 Å². The molecule has 0 aromatic heterocycles. The van der Waals surface area contributed by atoms with Gasteiger partial charge in [0.1, 0.15) is 12.3 Å². The molecule has 0 saturated carbocycles.